The average Bonchev–Trinajstić information content (AvgIpc) is 2.41. The number of hydrogen-bond donors (Lipinski definition) is 2. The van der Waals surface area contributed by atoms with Gasteiger partial charge in [0.25, 0.3) is 0 Å². The van der Waals surface area contributed by atoms with Crippen molar-refractivity contribution in [2.75, 3.05) is 5.32 Å². The lowest BCUT2D eigenvalue weighted by Gasteiger charge is -2.16. The lowest BCUT2D eigenvalue weighted by molar-refractivity contribution is -0.141. The van der Waals surface area contributed by atoms with Crippen LogP contribution in [0.15, 0.2) is 6.33 Å². The van der Waals surface area contributed by atoms with Crippen molar-refractivity contribution in [3.05, 3.63) is 17.8 Å². The summed E-state index contributed by atoms with van der Waals surface area (Å²) < 4.78 is 13.9. The van der Waals surface area contributed by atoms with E-state index in [1.54, 1.807) is 6.92 Å². The van der Waals surface area contributed by atoms with Crippen LogP contribution in [0.3, 0.4) is 0 Å². The van der Waals surface area contributed by atoms with Crippen LogP contribution in [0.25, 0.3) is 0 Å². The van der Waals surface area contributed by atoms with E-state index in [-0.39, 0.29) is 17.8 Å². The quantitative estimate of drug-likeness (QED) is 0.767. The van der Waals surface area contributed by atoms with E-state index in [1.165, 1.54) is 6.33 Å². The molecule has 0 amide bonds. The zero-order valence-corrected chi connectivity index (χ0v) is 12.2. The van der Waals surface area contributed by atoms with Gasteiger partial charge in [0.2, 0.25) is 0 Å². The summed E-state index contributed by atoms with van der Waals surface area (Å²) in [7, 11) is 0. The number of hydrogen-bond acceptors (Lipinski definition) is 4. The van der Waals surface area contributed by atoms with Gasteiger partial charge in [-0.05, 0) is 26.2 Å². The summed E-state index contributed by atoms with van der Waals surface area (Å²) in [5.74, 6) is -1.30. The van der Waals surface area contributed by atoms with Gasteiger partial charge >= 0.3 is 5.97 Å². The predicted molar refractivity (Wildman–Crippen MR) is 75.1 cm³/mol. The molecule has 0 saturated carbocycles. The Hall–Kier alpha value is -1.72. The third-order valence-electron chi connectivity index (χ3n) is 3.28. The Bertz CT molecular complexity index is 454. The first-order chi connectivity index (χ1) is 9.45. The molecule has 1 aromatic rings. The third-order valence-corrected chi connectivity index (χ3v) is 3.28. The van der Waals surface area contributed by atoms with E-state index in [0.717, 1.165) is 12.8 Å². The summed E-state index contributed by atoms with van der Waals surface area (Å²) in [5, 5.41) is 11.8. The smallest absolute Gasteiger partial charge is 0.306 e. The molecule has 1 aromatic heterocycles. The highest BCUT2D eigenvalue weighted by Crippen LogP contribution is 2.16. The van der Waals surface area contributed by atoms with Gasteiger partial charge in [-0.1, -0.05) is 20.3 Å². The molecule has 0 bridgehead atoms. The van der Waals surface area contributed by atoms with Gasteiger partial charge in [-0.2, -0.15) is 0 Å². The van der Waals surface area contributed by atoms with Crippen LogP contribution in [0.1, 0.15) is 45.7 Å². The van der Waals surface area contributed by atoms with Crippen molar-refractivity contribution >= 4 is 11.8 Å². The molecule has 0 fully saturated rings. The Kier molecular flexibility index (Phi) is 6.35. The van der Waals surface area contributed by atoms with Crippen molar-refractivity contribution in [2.45, 2.75) is 52.5 Å². The van der Waals surface area contributed by atoms with Crippen LogP contribution in [-0.4, -0.2) is 27.1 Å². The van der Waals surface area contributed by atoms with E-state index < -0.39 is 11.8 Å². The van der Waals surface area contributed by atoms with Gasteiger partial charge in [0, 0.05) is 6.04 Å². The van der Waals surface area contributed by atoms with Gasteiger partial charge in [-0.3, -0.25) is 4.79 Å². The number of halogens is 1. The Morgan fingerprint density at radius 1 is 1.40 bits per heavy atom. The second-order valence-corrected chi connectivity index (χ2v) is 5.05. The monoisotopic (exact) mass is 283 g/mol. The van der Waals surface area contributed by atoms with Gasteiger partial charge in [-0.25, -0.2) is 14.4 Å². The molecule has 1 rings (SSSR count). The van der Waals surface area contributed by atoms with Crippen LogP contribution < -0.4 is 5.32 Å². The second kappa shape index (κ2) is 7.77. The zero-order chi connectivity index (χ0) is 15.1. The molecule has 112 valence electrons. The Morgan fingerprint density at radius 2 is 2.10 bits per heavy atom. The minimum atomic E-state index is -0.778. The van der Waals surface area contributed by atoms with Gasteiger partial charge in [-0.15, -0.1) is 0 Å². The van der Waals surface area contributed by atoms with Crippen LogP contribution in [-0.2, 0) is 11.2 Å². The van der Waals surface area contributed by atoms with Crippen molar-refractivity contribution in [1.29, 1.82) is 0 Å². The molecule has 6 heteroatoms. The minimum absolute atomic E-state index is 0.0325. The van der Waals surface area contributed by atoms with Crippen molar-refractivity contribution in [2.24, 2.45) is 5.92 Å². The lowest BCUT2D eigenvalue weighted by atomic mass is 10.0. The maximum atomic E-state index is 13.9. The fourth-order valence-electron chi connectivity index (χ4n) is 1.91. The van der Waals surface area contributed by atoms with Crippen LogP contribution in [0.2, 0.25) is 0 Å². The molecular formula is C14H22FN3O2. The Morgan fingerprint density at radius 3 is 2.70 bits per heavy atom. The van der Waals surface area contributed by atoms with E-state index in [9.17, 15) is 9.18 Å². The lowest BCUT2D eigenvalue weighted by Crippen LogP contribution is -2.19. The normalized spacial score (nSPS) is 13.8. The number of anilines is 1. The molecule has 0 spiro atoms. The number of aromatic nitrogens is 2. The number of carboxylic acid groups (broad SMARTS) is 1. The maximum absolute atomic E-state index is 13.9. The van der Waals surface area contributed by atoms with E-state index in [4.69, 9.17) is 5.11 Å². The van der Waals surface area contributed by atoms with Crippen molar-refractivity contribution in [3.63, 3.8) is 0 Å². The van der Waals surface area contributed by atoms with Crippen LogP contribution in [0.4, 0.5) is 10.2 Å². The van der Waals surface area contributed by atoms with E-state index >= 15 is 0 Å². The number of carbonyl (C=O) groups is 1. The highest BCUT2D eigenvalue weighted by Gasteiger charge is 2.14. The van der Waals surface area contributed by atoms with Crippen molar-refractivity contribution in [1.82, 2.24) is 9.97 Å². The highest BCUT2D eigenvalue weighted by atomic mass is 19.1. The van der Waals surface area contributed by atoms with Crippen LogP contribution in [0.5, 0.6) is 0 Å². The van der Waals surface area contributed by atoms with E-state index in [2.05, 4.69) is 15.3 Å². The van der Waals surface area contributed by atoms with E-state index in [0.29, 0.717) is 18.5 Å². The first-order valence-corrected chi connectivity index (χ1v) is 6.94. The zero-order valence-electron chi connectivity index (χ0n) is 12.2. The third kappa shape index (κ3) is 4.75. The van der Waals surface area contributed by atoms with E-state index in [1.807, 2.05) is 13.8 Å². The molecule has 0 aliphatic heterocycles. The SMILES string of the molecule is CCc1ncnc(NC(C)CCCC(C)C(=O)O)c1F. The van der Waals surface area contributed by atoms with Crippen molar-refractivity contribution in [3.8, 4) is 0 Å². The Labute approximate surface area is 118 Å². The summed E-state index contributed by atoms with van der Waals surface area (Å²) in [6.07, 6.45) is 4.03. The first kappa shape index (κ1) is 16.3. The largest absolute Gasteiger partial charge is 0.481 e. The number of rotatable bonds is 8. The molecule has 2 unspecified atom stereocenters. The second-order valence-electron chi connectivity index (χ2n) is 5.05. The number of nitrogens with one attached hydrogen (secondary N) is 1. The number of aryl methyl sites for hydroxylation is 1. The molecule has 2 atom stereocenters. The number of nitrogens with zero attached hydrogens (tertiary/aromatic N) is 2. The van der Waals surface area contributed by atoms with Gasteiger partial charge < -0.3 is 10.4 Å². The summed E-state index contributed by atoms with van der Waals surface area (Å²) in [6, 6.07) is 0.0325. The van der Waals surface area contributed by atoms with Gasteiger partial charge in [0.05, 0.1) is 11.6 Å². The molecule has 20 heavy (non-hydrogen) atoms. The molecular weight excluding hydrogens is 261 g/mol. The van der Waals surface area contributed by atoms with Crippen LogP contribution in [0, 0.1) is 11.7 Å². The summed E-state index contributed by atoms with van der Waals surface area (Å²) in [4.78, 5) is 18.5. The first-order valence-electron chi connectivity index (χ1n) is 6.94. The summed E-state index contributed by atoms with van der Waals surface area (Å²) in [5.41, 5.74) is 0.397. The van der Waals surface area contributed by atoms with Gasteiger partial charge in [0.15, 0.2) is 11.6 Å². The predicted octanol–water partition coefficient (Wildman–Crippen LogP) is 2.87. The van der Waals surface area contributed by atoms with Gasteiger partial charge in [0.1, 0.15) is 6.33 Å². The topological polar surface area (TPSA) is 75.1 Å². The molecule has 5 nitrogen and oxygen atoms in total. The Balaban J connectivity index is 2.46. The molecule has 0 aliphatic rings. The number of carboxylic acids is 1. The fourth-order valence-corrected chi connectivity index (χ4v) is 1.91. The van der Waals surface area contributed by atoms with Crippen molar-refractivity contribution < 1.29 is 14.3 Å². The van der Waals surface area contributed by atoms with Crippen LogP contribution >= 0.6 is 0 Å². The number of aliphatic carboxylic acids is 1. The molecule has 1 heterocycles. The maximum Gasteiger partial charge on any atom is 0.306 e. The molecule has 0 aliphatic carbocycles. The summed E-state index contributed by atoms with van der Waals surface area (Å²) in [6.45, 7) is 5.46. The minimum Gasteiger partial charge on any atom is -0.481 e. The summed E-state index contributed by atoms with van der Waals surface area (Å²) >= 11 is 0. The standard InChI is InChI=1S/C14H22FN3O2/c1-4-11-12(15)13(17-8-16-11)18-10(3)7-5-6-9(2)14(19)20/h8-10H,4-7H2,1-3H3,(H,19,20)(H,16,17,18). The molecule has 0 radical (unpaired) electrons. The molecule has 0 saturated heterocycles. The average molecular weight is 283 g/mol. The molecule has 2 N–H and O–H groups in total. The molecule has 0 aromatic carbocycles. The fraction of sp³-hybridized carbons (Fsp3) is 0.643. The highest BCUT2D eigenvalue weighted by molar-refractivity contribution is 5.69.